The molecule has 0 radical (unpaired) electrons. The highest BCUT2D eigenvalue weighted by molar-refractivity contribution is 6.04. The molecule has 2 heterocycles. The normalized spacial score (nSPS) is 23.0. The molecule has 1 saturated heterocycles. The molecule has 6 nitrogen and oxygen atoms in total. The highest BCUT2D eigenvalue weighted by Crippen LogP contribution is 2.21. The van der Waals surface area contributed by atoms with Gasteiger partial charge in [0.1, 0.15) is 5.69 Å². The number of nitrogens with two attached hydrogens (primary N) is 1. The minimum absolute atomic E-state index is 0.227. The fraction of sp³-hybridized carbons (Fsp3) is 0.600. The molecule has 2 atom stereocenters. The summed E-state index contributed by atoms with van der Waals surface area (Å²) in [6.45, 7) is 3.84. The minimum Gasteiger partial charge on any atom is -0.347 e. The van der Waals surface area contributed by atoms with Gasteiger partial charge in [-0.15, -0.1) is 0 Å². The van der Waals surface area contributed by atoms with Crippen LogP contribution in [-0.4, -0.2) is 47.0 Å². The van der Waals surface area contributed by atoms with Gasteiger partial charge in [0.2, 0.25) is 5.91 Å². The Morgan fingerprint density at radius 3 is 2.86 bits per heavy atom. The number of hydrogen-bond acceptors (Lipinski definition) is 4. The first kappa shape index (κ1) is 15.7. The lowest BCUT2D eigenvalue weighted by Gasteiger charge is -2.37. The Hall–Kier alpha value is -1.66. The van der Waals surface area contributed by atoms with E-state index in [1.807, 2.05) is 0 Å². The molecule has 2 rings (SSSR count). The van der Waals surface area contributed by atoms with E-state index in [9.17, 15) is 9.59 Å². The monoisotopic (exact) mass is 292 g/mol. The standard InChI is InChI=1S/C15H24N4O2/c1-11-5-7-19(12(8-11)9-16)10-14(20)17-15(21)13-4-3-6-18(13)2/h3-4,6,11-12H,5,7-10,16H2,1-2H3,(H,17,20,21). The fourth-order valence-corrected chi connectivity index (χ4v) is 2.87. The number of imide groups is 1. The summed E-state index contributed by atoms with van der Waals surface area (Å²) in [6.07, 6.45) is 3.85. The number of aromatic nitrogens is 1. The number of hydrogen-bond donors (Lipinski definition) is 2. The van der Waals surface area contributed by atoms with Gasteiger partial charge in [0.15, 0.2) is 0 Å². The van der Waals surface area contributed by atoms with Crippen LogP contribution in [0.4, 0.5) is 0 Å². The summed E-state index contributed by atoms with van der Waals surface area (Å²) < 4.78 is 1.69. The number of amides is 2. The number of rotatable bonds is 4. The maximum atomic E-state index is 12.0. The second-order valence-corrected chi connectivity index (χ2v) is 5.87. The molecule has 1 fully saturated rings. The predicted molar refractivity (Wildman–Crippen MR) is 80.7 cm³/mol. The topological polar surface area (TPSA) is 80.4 Å². The Morgan fingerprint density at radius 2 is 2.24 bits per heavy atom. The Bertz CT molecular complexity index is 512. The first-order valence-corrected chi connectivity index (χ1v) is 7.41. The lowest BCUT2D eigenvalue weighted by atomic mass is 9.92. The third kappa shape index (κ3) is 3.92. The van der Waals surface area contributed by atoms with Crippen molar-refractivity contribution in [1.82, 2.24) is 14.8 Å². The van der Waals surface area contributed by atoms with E-state index in [0.29, 0.717) is 18.2 Å². The van der Waals surface area contributed by atoms with Gasteiger partial charge in [0, 0.05) is 25.8 Å². The summed E-state index contributed by atoms with van der Waals surface area (Å²) in [7, 11) is 1.77. The van der Waals surface area contributed by atoms with Gasteiger partial charge >= 0.3 is 0 Å². The van der Waals surface area contributed by atoms with Crippen LogP contribution in [0.5, 0.6) is 0 Å². The number of nitrogens with zero attached hydrogens (tertiary/aromatic N) is 2. The number of aryl methyl sites for hydroxylation is 1. The summed E-state index contributed by atoms with van der Waals surface area (Å²) in [5.74, 6) is 0.0132. The molecule has 3 N–H and O–H groups in total. The molecule has 2 unspecified atom stereocenters. The average Bonchev–Trinajstić information content (AvgIpc) is 2.87. The molecule has 6 heteroatoms. The van der Waals surface area contributed by atoms with Gasteiger partial charge in [-0.25, -0.2) is 0 Å². The van der Waals surface area contributed by atoms with Crippen LogP contribution in [0.3, 0.4) is 0 Å². The zero-order valence-electron chi connectivity index (χ0n) is 12.7. The first-order valence-electron chi connectivity index (χ1n) is 7.41. The smallest absolute Gasteiger partial charge is 0.274 e. The molecule has 1 aliphatic rings. The van der Waals surface area contributed by atoms with Crippen molar-refractivity contribution in [3.63, 3.8) is 0 Å². The summed E-state index contributed by atoms with van der Waals surface area (Å²) in [6, 6.07) is 3.69. The van der Waals surface area contributed by atoms with E-state index in [-0.39, 0.29) is 24.4 Å². The van der Waals surface area contributed by atoms with Crippen molar-refractivity contribution in [2.24, 2.45) is 18.7 Å². The Balaban J connectivity index is 1.89. The molecule has 1 aliphatic heterocycles. The van der Waals surface area contributed by atoms with Crippen LogP contribution >= 0.6 is 0 Å². The second-order valence-electron chi connectivity index (χ2n) is 5.87. The SMILES string of the molecule is CC1CCN(CC(=O)NC(=O)c2cccn2C)C(CN)C1. The molecule has 0 bridgehead atoms. The van der Waals surface area contributed by atoms with Crippen molar-refractivity contribution in [1.29, 1.82) is 0 Å². The average molecular weight is 292 g/mol. The highest BCUT2D eigenvalue weighted by atomic mass is 16.2. The van der Waals surface area contributed by atoms with Crippen molar-refractivity contribution >= 4 is 11.8 Å². The summed E-state index contributed by atoms with van der Waals surface area (Å²) in [4.78, 5) is 26.1. The maximum Gasteiger partial charge on any atom is 0.274 e. The largest absolute Gasteiger partial charge is 0.347 e. The van der Waals surface area contributed by atoms with Crippen LogP contribution in [0.1, 0.15) is 30.3 Å². The van der Waals surface area contributed by atoms with Crippen LogP contribution in [0.25, 0.3) is 0 Å². The molecule has 2 amide bonds. The zero-order chi connectivity index (χ0) is 15.4. The van der Waals surface area contributed by atoms with Gasteiger partial charge in [-0.2, -0.15) is 0 Å². The summed E-state index contributed by atoms with van der Waals surface area (Å²) in [5.41, 5.74) is 6.26. The van der Waals surface area contributed by atoms with E-state index < -0.39 is 0 Å². The van der Waals surface area contributed by atoms with Crippen LogP contribution in [-0.2, 0) is 11.8 Å². The predicted octanol–water partition coefficient (Wildman–Crippen LogP) is 0.341. The Kier molecular flexibility index (Phi) is 5.14. The van der Waals surface area contributed by atoms with E-state index in [4.69, 9.17) is 5.73 Å². The highest BCUT2D eigenvalue weighted by Gasteiger charge is 2.27. The van der Waals surface area contributed by atoms with Gasteiger partial charge in [0.05, 0.1) is 6.54 Å². The molecule has 0 saturated carbocycles. The number of nitrogens with one attached hydrogen (secondary N) is 1. The molecular formula is C15H24N4O2. The third-order valence-electron chi connectivity index (χ3n) is 4.15. The van der Waals surface area contributed by atoms with Crippen LogP contribution in [0, 0.1) is 5.92 Å². The van der Waals surface area contributed by atoms with Gasteiger partial charge in [-0.05, 0) is 37.4 Å². The van der Waals surface area contributed by atoms with E-state index >= 15 is 0 Å². The number of carbonyl (C=O) groups is 2. The van der Waals surface area contributed by atoms with E-state index in [1.54, 1.807) is 29.9 Å². The Labute approximate surface area is 125 Å². The zero-order valence-corrected chi connectivity index (χ0v) is 12.7. The second kappa shape index (κ2) is 6.87. The third-order valence-corrected chi connectivity index (χ3v) is 4.15. The van der Waals surface area contributed by atoms with Crippen molar-refractivity contribution in [3.05, 3.63) is 24.0 Å². The molecule has 21 heavy (non-hydrogen) atoms. The van der Waals surface area contributed by atoms with Crippen molar-refractivity contribution in [2.45, 2.75) is 25.8 Å². The molecule has 116 valence electrons. The minimum atomic E-state index is -0.359. The molecular weight excluding hydrogens is 268 g/mol. The molecule has 0 aromatic carbocycles. The van der Waals surface area contributed by atoms with E-state index in [0.717, 1.165) is 19.4 Å². The van der Waals surface area contributed by atoms with Gasteiger partial charge in [-0.3, -0.25) is 19.8 Å². The molecule has 0 aliphatic carbocycles. The fourth-order valence-electron chi connectivity index (χ4n) is 2.87. The van der Waals surface area contributed by atoms with Gasteiger partial charge < -0.3 is 10.3 Å². The van der Waals surface area contributed by atoms with Gasteiger partial charge in [0.25, 0.3) is 5.91 Å². The molecule has 1 aromatic rings. The lowest BCUT2D eigenvalue weighted by molar-refractivity contribution is -0.122. The summed E-state index contributed by atoms with van der Waals surface area (Å²) >= 11 is 0. The first-order chi connectivity index (χ1) is 10.0. The molecule has 1 aromatic heterocycles. The van der Waals surface area contributed by atoms with Crippen molar-refractivity contribution < 1.29 is 9.59 Å². The maximum absolute atomic E-state index is 12.0. The lowest BCUT2D eigenvalue weighted by Crippen LogP contribution is -2.50. The van der Waals surface area contributed by atoms with Crippen molar-refractivity contribution in [3.8, 4) is 0 Å². The number of carbonyl (C=O) groups excluding carboxylic acids is 2. The van der Waals surface area contributed by atoms with Crippen molar-refractivity contribution in [2.75, 3.05) is 19.6 Å². The van der Waals surface area contributed by atoms with E-state index in [2.05, 4.69) is 17.1 Å². The van der Waals surface area contributed by atoms with Crippen LogP contribution < -0.4 is 11.1 Å². The van der Waals surface area contributed by atoms with Gasteiger partial charge in [-0.1, -0.05) is 6.92 Å². The summed E-state index contributed by atoms with van der Waals surface area (Å²) in [5, 5.41) is 2.45. The number of piperidine rings is 1. The molecule has 0 spiro atoms. The number of likely N-dealkylation sites (tertiary alicyclic amines) is 1. The quantitative estimate of drug-likeness (QED) is 0.838. The van der Waals surface area contributed by atoms with E-state index in [1.165, 1.54) is 0 Å². The Morgan fingerprint density at radius 1 is 1.48 bits per heavy atom. The van der Waals surface area contributed by atoms with Crippen LogP contribution in [0.15, 0.2) is 18.3 Å². The van der Waals surface area contributed by atoms with Crippen LogP contribution in [0.2, 0.25) is 0 Å².